The minimum atomic E-state index is -0.164. The Hall–Kier alpha value is -1.29. The number of amides is 1. The average molecular weight is 253 g/mol. The molecule has 1 rings (SSSR count). The Labute approximate surface area is 108 Å². The highest BCUT2D eigenvalue weighted by Gasteiger charge is 2.17. The van der Waals surface area contributed by atoms with Gasteiger partial charge in [-0.05, 0) is 38.2 Å². The summed E-state index contributed by atoms with van der Waals surface area (Å²) in [5, 5.41) is 12.0. The van der Waals surface area contributed by atoms with Gasteiger partial charge in [-0.2, -0.15) is 0 Å². The summed E-state index contributed by atoms with van der Waals surface area (Å²) in [6.07, 6.45) is 1.72. The van der Waals surface area contributed by atoms with Crippen LogP contribution in [0.1, 0.15) is 48.6 Å². The smallest absolute Gasteiger partial charge is 0.287 e. The van der Waals surface area contributed by atoms with E-state index < -0.39 is 0 Å². The van der Waals surface area contributed by atoms with Gasteiger partial charge in [0.2, 0.25) is 0 Å². The molecule has 0 bridgehead atoms. The van der Waals surface area contributed by atoms with Crippen LogP contribution in [0.3, 0.4) is 0 Å². The van der Waals surface area contributed by atoms with E-state index in [9.17, 15) is 4.79 Å². The van der Waals surface area contributed by atoms with Crippen LogP contribution in [0.25, 0.3) is 0 Å². The van der Waals surface area contributed by atoms with Gasteiger partial charge in [-0.25, -0.2) is 0 Å². The normalized spacial score (nSPS) is 11.6. The van der Waals surface area contributed by atoms with Crippen LogP contribution in [0.5, 0.6) is 0 Å². The van der Waals surface area contributed by atoms with Gasteiger partial charge in [-0.3, -0.25) is 4.79 Å². The minimum Gasteiger partial charge on any atom is -0.456 e. The first-order valence-corrected chi connectivity index (χ1v) is 6.32. The maximum atomic E-state index is 11.8. The van der Waals surface area contributed by atoms with Crippen LogP contribution in [-0.4, -0.2) is 24.2 Å². The SMILES string of the molecule is Cc1cc(C)c(C(=O)NCCCC(C)(C)CO)o1. The van der Waals surface area contributed by atoms with Crippen LogP contribution in [0, 0.1) is 19.3 Å². The first kappa shape index (κ1) is 14.8. The van der Waals surface area contributed by atoms with E-state index in [1.54, 1.807) is 0 Å². The third kappa shape index (κ3) is 4.18. The fourth-order valence-electron chi connectivity index (χ4n) is 1.80. The fraction of sp³-hybridized carbons (Fsp3) is 0.643. The summed E-state index contributed by atoms with van der Waals surface area (Å²) in [4.78, 5) is 11.8. The number of aliphatic hydroxyl groups excluding tert-OH is 1. The molecule has 0 aliphatic carbocycles. The van der Waals surface area contributed by atoms with Crippen molar-refractivity contribution in [2.75, 3.05) is 13.2 Å². The highest BCUT2D eigenvalue weighted by Crippen LogP contribution is 2.20. The Balaban J connectivity index is 2.36. The Kier molecular flexibility index (Phi) is 4.96. The van der Waals surface area contributed by atoms with E-state index in [-0.39, 0.29) is 17.9 Å². The predicted molar refractivity (Wildman–Crippen MR) is 70.6 cm³/mol. The lowest BCUT2D eigenvalue weighted by atomic mass is 9.89. The number of nitrogens with one attached hydrogen (secondary N) is 1. The zero-order valence-corrected chi connectivity index (χ0v) is 11.7. The average Bonchev–Trinajstić information content (AvgIpc) is 2.64. The number of carbonyl (C=O) groups is 1. The number of hydrogen-bond donors (Lipinski definition) is 2. The van der Waals surface area contributed by atoms with Crippen LogP contribution in [-0.2, 0) is 0 Å². The number of furan rings is 1. The van der Waals surface area contributed by atoms with Gasteiger partial charge in [0, 0.05) is 18.7 Å². The zero-order chi connectivity index (χ0) is 13.8. The number of aryl methyl sites for hydroxylation is 2. The third-order valence-electron chi connectivity index (χ3n) is 2.99. The summed E-state index contributed by atoms with van der Waals surface area (Å²) in [5.41, 5.74) is 0.780. The number of carbonyl (C=O) groups excluding carboxylic acids is 1. The molecular formula is C14H23NO3. The second-order valence-electron chi connectivity index (χ2n) is 5.55. The van der Waals surface area contributed by atoms with Crippen molar-refractivity contribution in [2.45, 2.75) is 40.5 Å². The van der Waals surface area contributed by atoms with Crippen LogP contribution >= 0.6 is 0 Å². The zero-order valence-electron chi connectivity index (χ0n) is 11.7. The van der Waals surface area contributed by atoms with Crippen LogP contribution in [0.15, 0.2) is 10.5 Å². The van der Waals surface area contributed by atoms with E-state index >= 15 is 0 Å². The first-order valence-electron chi connectivity index (χ1n) is 6.32. The maximum absolute atomic E-state index is 11.8. The molecule has 0 atom stereocenters. The van der Waals surface area contributed by atoms with E-state index in [1.165, 1.54) is 0 Å². The molecule has 0 fully saturated rings. The lowest BCUT2D eigenvalue weighted by Crippen LogP contribution is -2.26. The summed E-state index contributed by atoms with van der Waals surface area (Å²) in [5.74, 6) is 0.982. The molecule has 1 heterocycles. The summed E-state index contributed by atoms with van der Waals surface area (Å²) >= 11 is 0. The largest absolute Gasteiger partial charge is 0.456 e. The Bertz CT molecular complexity index is 407. The van der Waals surface area contributed by atoms with Crippen molar-refractivity contribution in [1.29, 1.82) is 0 Å². The second kappa shape index (κ2) is 6.05. The van der Waals surface area contributed by atoms with Gasteiger partial charge < -0.3 is 14.8 Å². The van der Waals surface area contributed by atoms with Gasteiger partial charge >= 0.3 is 0 Å². The van der Waals surface area contributed by atoms with Gasteiger partial charge in [0.15, 0.2) is 5.76 Å². The molecule has 102 valence electrons. The lowest BCUT2D eigenvalue weighted by Gasteiger charge is -2.21. The summed E-state index contributed by atoms with van der Waals surface area (Å²) in [6, 6.07) is 1.85. The number of rotatable bonds is 6. The van der Waals surface area contributed by atoms with Crippen LogP contribution < -0.4 is 5.32 Å². The monoisotopic (exact) mass is 253 g/mol. The highest BCUT2D eigenvalue weighted by atomic mass is 16.3. The molecule has 4 heteroatoms. The van der Waals surface area contributed by atoms with Gasteiger partial charge in [-0.1, -0.05) is 13.8 Å². The quantitative estimate of drug-likeness (QED) is 0.765. The van der Waals surface area contributed by atoms with Crippen molar-refractivity contribution < 1.29 is 14.3 Å². The molecule has 0 unspecified atom stereocenters. The predicted octanol–water partition coefficient (Wildman–Crippen LogP) is 2.42. The molecule has 2 N–H and O–H groups in total. The Morgan fingerprint density at radius 3 is 2.61 bits per heavy atom. The van der Waals surface area contributed by atoms with Crippen molar-refractivity contribution in [2.24, 2.45) is 5.41 Å². The molecule has 18 heavy (non-hydrogen) atoms. The molecule has 0 spiro atoms. The van der Waals surface area contributed by atoms with Crippen LogP contribution in [0.2, 0.25) is 0 Å². The van der Waals surface area contributed by atoms with Gasteiger partial charge in [0.25, 0.3) is 5.91 Å². The highest BCUT2D eigenvalue weighted by molar-refractivity contribution is 5.92. The Morgan fingerprint density at radius 2 is 2.11 bits per heavy atom. The third-order valence-corrected chi connectivity index (χ3v) is 2.99. The Morgan fingerprint density at radius 1 is 1.44 bits per heavy atom. The molecule has 0 saturated heterocycles. The van der Waals surface area contributed by atoms with Gasteiger partial charge in [-0.15, -0.1) is 0 Å². The van der Waals surface area contributed by atoms with E-state index in [2.05, 4.69) is 5.32 Å². The fourth-order valence-corrected chi connectivity index (χ4v) is 1.80. The topological polar surface area (TPSA) is 62.5 Å². The number of aliphatic hydroxyl groups is 1. The van der Waals surface area contributed by atoms with Crippen molar-refractivity contribution in [3.63, 3.8) is 0 Å². The number of hydrogen-bond acceptors (Lipinski definition) is 3. The van der Waals surface area contributed by atoms with Crippen molar-refractivity contribution in [1.82, 2.24) is 5.32 Å². The van der Waals surface area contributed by atoms with Crippen LogP contribution in [0.4, 0.5) is 0 Å². The summed E-state index contributed by atoms with van der Waals surface area (Å²) < 4.78 is 5.34. The summed E-state index contributed by atoms with van der Waals surface area (Å²) in [7, 11) is 0. The molecule has 0 aliphatic heterocycles. The molecule has 0 saturated carbocycles. The standard InChI is InChI=1S/C14H23NO3/c1-10-8-11(2)18-12(10)13(17)15-7-5-6-14(3,4)9-16/h8,16H,5-7,9H2,1-4H3,(H,15,17). The maximum Gasteiger partial charge on any atom is 0.287 e. The second-order valence-corrected chi connectivity index (χ2v) is 5.55. The van der Waals surface area contributed by atoms with Crippen molar-refractivity contribution in [3.8, 4) is 0 Å². The molecule has 1 amide bonds. The van der Waals surface area contributed by atoms with Gasteiger partial charge in [0.1, 0.15) is 5.76 Å². The molecule has 1 aromatic rings. The van der Waals surface area contributed by atoms with Gasteiger partial charge in [0.05, 0.1) is 0 Å². The molecular weight excluding hydrogens is 230 g/mol. The minimum absolute atomic E-state index is 0.0814. The molecule has 1 aromatic heterocycles. The van der Waals surface area contributed by atoms with Crippen molar-refractivity contribution in [3.05, 3.63) is 23.2 Å². The van der Waals surface area contributed by atoms with E-state index in [0.29, 0.717) is 12.3 Å². The lowest BCUT2D eigenvalue weighted by molar-refractivity contribution is 0.0919. The van der Waals surface area contributed by atoms with Crippen molar-refractivity contribution >= 4 is 5.91 Å². The molecule has 0 aromatic carbocycles. The first-order chi connectivity index (χ1) is 8.35. The molecule has 4 nitrogen and oxygen atoms in total. The summed E-state index contributed by atoms with van der Waals surface area (Å²) in [6.45, 7) is 8.47. The molecule has 0 radical (unpaired) electrons. The van der Waals surface area contributed by atoms with E-state index in [1.807, 2.05) is 33.8 Å². The van der Waals surface area contributed by atoms with E-state index in [0.717, 1.165) is 24.2 Å². The van der Waals surface area contributed by atoms with E-state index in [4.69, 9.17) is 9.52 Å². The molecule has 0 aliphatic rings.